The van der Waals surface area contributed by atoms with Crippen molar-refractivity contribution in [3.05, 3.63) is 24.0 Å². The van der Waals surface area contributed by atoms with Crippen LogP contribution in [0.15, 0.2) is 23.2 Å². The van der Waals surface area contributed by atoms with E-state index < -0.39 is 6.10 Å². The zero-order chi connectivity index (χ0) is 11.1. The number of aromatic nitrogens is 1. The second-order valence-electron chi connectivity index (χ2n) is 3.29. The smallest absolute Gasteiger partial charge is 0.0931 e. The van der Waals surface area contributed by atoms with Crippen LogP contribution >= 0.6 is 11.8 Å². The van der Waals surface area contributed by atoms with Crippen LogP contribution in [0.1, 0.15) is 25.1 Å². The highest BCUT2D eigenvalue weighted by Gasteiger charge is 2.01. The zero-order valence-electron chi connectivity index (χ0n) is 9.14. The number of pyridine rings is 1. The van der Waals surface area contributed by atoms with Gasteiger partial charge in [-0.2, -0.15) is 0 Å². The Labute approximate surface area is 94.9 Å². The summed E-state index contributed by atoms with van der Waals surface area (Å²) in [4.78, 5) is 5.31. The second kappa shape index (κ2) is 6.82. The molecule has 0 amide bonds. The van der Waals surface area contributed by atoms with E-state index in [1.165, 1.54) is 0 Å². The molecule has 0 bridgehead atoms. The van der Waals surface area contributed by atoms with Gasteiger partial charge >= 0.3 is 0 Å². The van der Waals surface area contributed by atoms with Crippen molar-refractivity contribution < 1.29 is 9.84 Å². The van der Waals surface area contributed by atoms with Gasteiger partial charge in [-0.25, -0.2) is 0 Å². The SMILES string of the molecule is COCCCSc1ccc([C@@H](C)O)nc1. The molecule has 1 aromatic heterocycles. The van der Waals surface area contributed by atoms with Crippen molar-refractivity contribution in [3.63, 3.8) is 0 Å². The maximum absolute atomic E-state index is 9.27. The Kier molecular flexibility index (Phi) is 5.68. The highest BCUT2D eigenvalue weighted by Crippen LogP contribution is 2.19. The van der Waals surface area contributed by atoms with Gasteiger partial charge in [0.15, 0.2) is 0 Å². The molecule has 1 heterocycles. The van der Waals surface area contributed by atoms with E-state index in [0.717, 1.165) is 29.4 Å². The van der Waals surface area contributed by atoms with Crippen LogP contribution in [0.25, 0.3) is 0 Å². The van der Waals surface area contributed by atoms with Crippen molar-refractivity contribution >= 4 is 11.8 Å². The summed E-state index contributed by atoms with van der Waals surface area (Å²) in [6, 6.07) is 3.86. The Bertz CT molecular complexity index is 274. The summed E-state index contributed by atoms with van der Waals surface area (Å²) in [5, 5.41) is 9.27. The summed E-state index contributed by atoms with van der Waals surface area (Å²) in [5.41, 5.74) is 0.719. The molecule has 0 aliphatic carbocycles. The van der Waals surface area contributed by atoms with Gasteiger partial charge in [0, 0.05) is 30.6 Å². The molecular formula is C11H17NO2S. The van der Waals surface area contributed by atoms with E-state index in [-0.39, 0.29) is 0 Å². The lowest BCUT2D eigenvalue weighted by Crippen LogP contribution is -1.95. The van der Waals surface area contributed by atoms with Crippen molar-refractivity contribution in [2.24, 2.45) is 0 Å². The number of ether oxygens (including phenoxy) is 1. The minimum absolute atomic E-state index is 0.488. The van der Waals surface area contributed by atoms with E-state index in [2.05, 4.69) is 4.98 Å². The minimum atomic E-state index is -0.488. The Balaban J connectivity index is 2.36. The lowest BCUT2D eigenvalue weighted by molar-refractivity contribution is 0.194. The fourth-order valence-corrected chi connectivity index (χ4v) is 1.91. The molecular weight excluding hydrogens is 210 g/mol. The molecule has 0 aliphatic heterocycles. The first-order valence-corrected chi connectivity index (χ1v) is 5.98. The summed E-state index contributed by atoms with van der Waals surface area (Å²) in [6.07, 6.45) is 2.36. The van der Waals surface area contributed by atoms with Crippen LogP contribution in [0.2, 0.25) is 0 Å². The number of hydrogen-bond acceptors (Lipinski definition) is 4. The quantitative estimate of drug-likeness (QED) is 0.598. The van der Waals surface area contributed by atoms with Crippen LogP contribution in [0.3, 0.4) is 0 Å². The fraction of sp³-hybridized carbons (Fsp3) is 0.545. The third kappa shape index (κ3) is 4.64. The Morgan fingerprint density at radius 1 is 1.53 bits per heavy atom. The van der Waals surface area contributed by atoms with Crippen molar-refractivity contribution in [1.29, 1.82) is 0 Å². The second-order valence-corrected chi connectivity index (χ2v) is 4.46. The number of hydrogen-bond donors (Lipinski definition) is 1. The molecule has 0 saturated heterocycles. The highest BCUT2D eigenvalue weighted by atomic mass is 32.2. The van der Waals surface area contributed by atoms with E-state index in [9.17, 15) is 5.11 Å². The van der Waals surface area contributed by atoms with Crippen molar-refractivity contribution in [2.45, 2.75) is 24.3 Å². The third-order valence-corrected chi connectivity index (χ3v) is 3.02. The number of aliphatic hydroxyl groups is 1. The van der Waals surface area contributed by atoms with Crippen LogP contribution in [-0.4, -0.2) is 29.6 Å². The molecule has 0 aromatic carbocycles. The molecule has 84 valence electrons. The highest BCUT2D eigenvalue weighted by molar-refractivity contribution is 7.99. The van der Waals surface area contributed by atoms with Crippen molar-refractivity contribution in [2.75, 3.05) is 19.5 Å². The molecule has 3 nitrogen and oxygen atoms in total. The first-order valence-electron chi connectivity index (χ1n) is 5.00. The van der Waals surface area contributed by atoms with Crippen molar-refractivity contribution in [1.82, 2.24) is 4.98 Å². The largest absolute Gasteiger partial charge is 0.387 e. The Hall–Kier alpha value is -0.580. The van der Waals surface area contributed by atoms with Crippen LogP contribution in [0.5, 0.6) is 0 Å². The van der Waals surface area contributed by atoms with Crippen LogP contribution < -0.4 is 0 Å². The Morgan fingerprint density at radius 3 is 2.87 bits per heavy atom. The molecule has 1 aromatic rings. The number of aliphatic hydroxyl groups excluding tert-OH is 1. The van der Waals surface area contributed by atoms with Gasteiger partial charge in [-0.15, -0.1) is 11.8 Å². The standard InChI is InChI=1S/C11H17NO2S/c1-9(13)11-5-4-10(8-12-11)15-7-3-6-14-2/h4-5,8-9,13H,3,6-7H2,1-2H3/t9-/m1/s1. The third-order valence-electron chi connectivity index (χ3n) is 1.95. The van der Waals surface area contributed by atoms with Gasteiger partial charge in [0.25, 0.3) is 0 Å². The predicted molar refractivity (Wildman–Crippen MR) is 62.1 cm³/mol. The summed E-state index contributed by atoms with van der Waals surface area (Å²) in [6.45, 7) is 2.51. The molecule has 0 spiro atoms. The lowest BCUT2D eigenvalue weighted by atomic mass is 10.2. The molecule has 0 unspecified atom stereocenters. The topological polar surface area (TPSA) is 42.4 Å². The lowest BCUT2D eigenvalue weighted by Gasteiger charge is -2.05. The molecule has 0 radical (unpaired) electrons. The molecule has 0 saturated carbocycles. The molecule has 1 N–H and O–H groups in total. The molecule has 1 rings (SSSR count). The van der Waals surface area contributed by atoms with Gasteiger partial charge in [0.1, 0.15) is 0 Å². The first kappa shape index (κ1) is 12.5. The summed E-state index contributed by atoms with van der Waals surface area (Å²) >= 11 is 1.76. The van der Waals surface area contributed by atoms with Crippen LogP contribution in [0.4, 0.5) is 0 Å². The van der Waals surface area contributed by atoms with Crippen molar-refractivity contribution in [3.8, 4) is 0 Å². The number of rotatable bonds is 6. The van der Waals surface area contributed by atoms with Crippen LogP contribution in [-0.2, 0) is 4.74 Å². The average Bonchev–Trinajstić information content (AvgIpc) is 2.25. The minimum Gasteiger partial charge on any atom is -0.387 e. The molecule has 1 atom stereocenters. The van der Waals surface area contributed by atoms with Gasteiger partial charge in [0.05, 0.1) is 11.8 Å². The van der Waals surface area contributed by atoms with Gasteiger partial charge in [-0.3, -0.25) is 4.98 Å². The first-order chi connectivity index (χ1) is 7.24. The van der Waals surface area contributed by atoms with Crippen LogP contribution in [0, 0.1) is 0 Å². The maximum Gasteiger partial charge on any atom is 0.0931 e. The van der Waals surface area contributed by atoms with E-state index in [4.69, 9.17) is 4.74 Å². The monoisotopic (exact) mass is 227 g/mol. The van der Waals surface area contributed by atoms with E-state index in [0.29, 0.717) is 0 Å². The summed E-state index contributed by atoms with van der Waals surface area (Å²) < 4.78 is 4.97. The summed E-state index contributed by atoms with van der Waals surface area (Å²) in [7, 11) is 1.71. The Morgan fingerprint density at radius 2 is 2.33 bits per heavy atom. The fourth-order valence-electron chi connectivity index (χ4n) is 1.12. The zero-order valence-corrected chi connectivity index (χ0v) is 9.96. The molecule has 0 fully saturated rings. The molecule has 0 aliphatic rings. The number of nitrogens with zero attached hydrogens (tertiary/aromatic N) is 1. The predicted octanol–water partition coefficient (Wildman–Crippen LogP) is 2.26. The van der Waals surface area contributed by atoms with Gasteiger partial charge in [-0.05, 0) is 25.5 Å². The van der Waals surface area contributed by atoms with E-state index >= 15 is 0 Å². The van der Waals surface area contributed by atoms with Gasteiger partial charge in [-0.1, -0.05) is 0 Å². The summed E-state index contributed by atoms with van der Waals surface area (Å²) in [5.74, 6) is 1.03. The number of methoxy groups -OCH3 is 1. The normalized spacial score (nSPS) is 12.7. The van der Waals surface area contributed by atoms with Gasteiger partial charge in [0.2, 0.25) is 0 Å². The average molecular weight is 227 g/mol. The van der Waals surface area contributed by atoms with Gasteiger partial charge < -0.3 is 9.84 Å². The number of thioether (sulfide) groups is 1. The van der Waals surface area contributed by atoms with E-state index in [1.807, 2.05) is 12.1 Å². The molecule has 4 heteroatoms. The molecule has 15 heavy (non-hydrogen) atoms. The van der Waals surface area contributed by atoms with E-state index in [1.54, 1.807) is 32.0 Å². The maximum atomic E-state index is 9.27.